The standard InChI is InChI=1S/C17H23NO2/c1-4-9-18-11-17-14(3)10-16(20-17)12-19-15-7-5-13(2)6-8-15/h5-8,10,18H,4,9,11-12H2,1-3H3. The number of rotatable bonds is 7. The molecule has 3 heteroatoms. The zero-order valence-corrected chi connectivity index (χ0v) is 12.5. The molecule has 0 unspecified atom stereocenters. The number of hydrogen-bond donors (Lipinski definition) is 1. The quantitative estimate of drug-likeness (QED) is 0.775. The minimum absolute atomic E-state index is 0.470. The third-order valence-corrected chi connectivity index (χ3v) is 3.19. The van der Waals surface area contributed by atoms with Crippen LogP contribution in [0.2, 0.25) is 0 Å². The van der Waals surface area contributed by atoms with Gasteiger partial charge in [0.1, 0.15) is 23.9 Å². The smallest absolute Gasteiger partial charge is 0.146 e. The molecule has 20 heavy (non-hydrogen) atoms. The van der Waals surface area contributed by atoms with Crippen LogP contribution in [0.4, 0.5) is 0 Å². The van der Waals surface area contributed by atoms with E-state index in [-0.39, 0.29) is 0 Å². The summed E-state index contributed by atoms with van der Waals surface area (Å²) < 4.78 is 11.5. The van der Waals surface area contributed by atoms with Crippen molar-refractivity contribution >= 4 is 0 Å². The molecule has 0 atom stereocenters. The van der Waals surface area contributed by atoms with Gasteiger partial charge in [0.2, 0.25) is 0 Å². The maximum Gasteiger partial charge on any atom is 0.146 e. The summed E-state index contributed by atoms with van der Waals surface area (Å²) in [5.74, 6) is 2.74. The van der Waals surface area contributed by atoms with Crippen molar-refractivity contribution < 1.29 is 9.15 Å². The number of benzene rings is 1. The van der Waals surface area contributed by atoms with Crippen LogP contribution < -0.4 is 10.1 Å². The second kappa shape index (κ2) is 7.15. The summed E-state index contributed by atoms with van der Waals surface area (Å²) in [5, 5.41) is 3.35. The lowest BCUT2D eigenvalue weighted by molar-refractivity contribution is 0.265. The highest BCUT2D eigenvalue weighted by Crippen LogP contribution is 2.18. The van der Waals surface area contributed by atoms with Crippen LogP contribution in [0, 0.1) is 13.8 Å². The highest BCUT2D eigenvalue weighted by molar-refractivity contribution is 5.27. The summed E-state index contributed by atoms with van der Waals surface area (Å²) in [4.78, 5) is 0. The summed E-state index contributed by atoms with van der Waals surface area (Å²) in [6.45, 7) is 8.55. The van der Waals surface area contributed by atoms with Crippen LogP contribution >= 0.6 is 0 Å². The Hall–Kier alpha value is -1.74. The van der Waals surface area contributed by atoms with E-state index in [0.717, 1.165) is 36.8 Å². The van der Waals surface area contributed by atoms with Crippen molar-refractivity contribution in [2.45, 2.75) is 40.3 Å². The van der Waals surface area contributed by atoms with Crippen molar-refractivity contribution in [1.82, 2.24) is 5.32 Å². The van der Waals surface area contributed by atoms with Gasteiger partial charge in [-0.25, -0.2) is 0 Å². The molecule has 2 rings (SSSR count). The molecule has 1 N–H and O–H groups in total. The Morgan fingerprint density at radius 1 is 1.15 bits per heavy atom. The topological polar surface area (TPSA) is 34.4 Å². The summed E-state index contributed by atoms with van der Waals surface area (Å²) >= 11 is 0. The maximum absolute atomic E-state index is 5.82. The van der Waals surface area contributed by atoms with E-state index in [1.54, 1.807) is 0 Å². The van der Waals surface area contributed by atoms with Gasteiger partial charge in [-0.15, -0.1) is 0 Å². The molecule has 0 aliphatic carbocycles. The van der Waals surface area contributed by atoms with Gasteiger partial charge in [0.05, 0.1) is 6.54 Å². The van der Waals surface area contributed by atoms with Crippen LogP contribution in [-0.4, -0.2) is 6.54 Å². The zero-order chi connectivity index (χ0) is 14.4. The van der Waals surface area contributed by atoms with Crippen molar-refractivity contribution in [3.05, 3.63) is 53.0 Å². The van der Waals surface area contributed by atoms with Crippen LogP contribution in [0.3, 0.4) is 0 Å². The monoisotopic (exact) mass is 273 g/mol. The molecule has 0 amide bonds. The number of hydrogen-bond acceptors (Lipinski definition) is 3. The van der Waals surface area contributed by atoms with Crippen molar-refractivity contribution in [2.75, 3.05) is 6.54 Å². The lowest BCUT2D eigenvalue weighted by atomic mass is 10.2. The van der Waals surface area contributed by atoms with Gasteiger partial charge in [0.25, 0.3) is 0 Å². The molecular formula is C17H23NO2. The average molecular weight is 273 g/mol. The molecule has 0 aliphatic heterocycles. The summed E-state index contributed by atoms with van der Waals surface area (Å²) in [6, 6.07) is 10.1. The Kier molecular flexibility index (Phi) is 5.24. The van der Waals surface area contributed by atoms with Gasteiger partial charge in [0.15, 0.2) is 0 Å². The van der Waals surface area contributed by atoms with Gasteiger partial charge in [-0.2, -0.15) is 0 Å². The van der Waals surface area contributed by atoms with Gasteiger partial charge in [-0.05, 0) is 50.6 Å². The van der Waals surface area contributed by atoms with E-state index in [0.29, 0.717) is 6.61 Å². The van der Waals surface area contributed by atoms with E-state index in [1.807, 2.05) is 24.3 Å². The Labute approximate surface area is 121 Å². The van der Waals surface area contributed by atoms with Gasteiger partial charge in [-0.1, -0.05) is 24.6 Å². The number of furan rings is 1. The summed E-state index contributed by atoms with van der Waals surface area (Å²) in [5.41, 5.74) is 2.41. The van der Waals surface area contributed by atoms with E-state index in [9.17, 15) is 0 Å². The van der Waals surface area contributed by atoms with Gasteiger partial charge in [0, 0.05) is 0 Å². The molecule has 3 nitrogen and oxygen atoms in total. The minimum atomic E-state index is 0.470. The number of nitrogens with one attached hydrogen (secondary N) is 1. The third kappa shape index (κ3) is 4.14. The first-order chi connectivity index (χ1) is 9.69. The van der Waals surface area contributed by atoms with Crippen LogP contribution in [-0.2, 0) is 13.2 Å². The maximum atomic E-state index is 5.82. The van der Waals surface area contributed by atoms with E-state index in [4.69, 9.17) is 9.15 Å². The van der Waals surface area contributed by atoms with Gasteiger partial charge >= 0.3 is 0 Å². The molecule has 0 bridgehead atoms. The van der Waals surface area contributed by atoms with Crippen LogP contribution in [0.25, 0.3) is 0 Å². The average Bonchev–Trinajstić information content (AvgIpc) is 2.79. The second-order valence-corrected chi connectivity index (χ2v) is 5.10. The van der Waals surface area contributed by atoms with E-state index in [2.05, 4.69) is 32.2 Å². The van der Waals surface area contributed by atoms with Crippen LogP contribution in [0.1, 0.15) is 36.0 Å². The van der Waals surface area contributed by atoms with E-state index >= 15 is 0 Å². The molecule has 0 spiro atoms. The molecule has 0 saturated carbocycles. The van der Waals surface area contributed by atoms with Crippen LogP contribution in [0.5, 0.6) is 5.75 Å². The van der Waals surface area contributed by atoms with Crippen molar-refractivity contribution in [1.29, 1.82) is 0 Å². The molecule has 1 aromatic carbocycles. The van der Waals surface area contributed by atoms with E-state index in [1.165, 1.54) is 11.1 Å². The molecule has 108 valence electrons. The molecule has 0 saturated heterocycles. The van der Waals surface area contributed by atoms with Crippen molar-refractivity contribution in [3.8, 4) is 5.75 Å². The zero-order valence-electron chi connectivity index (χ0n) is 12.5. The molecule has 2 aromatic rings. The predicted molar refractivity (Wildman–Crippen MR) is 81.0 cm³/mol. The lowest BCUT2D eigenvalue weighted by Crippen LogP contribution is -2.13. The Morgan fingerprint density at radius 2 is 1.90 bits per heavy atom. The van der Waals surface area contributed by atoms with Crippen molar-refractivity contribution in [2.24, 2.45) is 0 Å². The van der Waals surface area contributed by atoms with Crippen LogP contribution in [0.15, 0.2) is 34.7 Å². The molecular weight excluding hydrogens is 250 g/mol. The fraction of sp³-hybridized carbons (Fsp3) is 0.412. The molecule has 1 heterocycles. The Balaban J connectivity index is 1.89. The van der Waals surface area contributed by atoms with E-state index < -0.39 is 0 Å². The predicted octanol–water partition coefficient (Wildman–Crippen LogP) is 3.98. The molecule has 0 fully saturated rings. The largest absolute Gasteiger partial charge is 0.486 e. The third-order valence-electron chi connectivity index (χ3n) is 3.19. The highest BCUT2D eigenvalue weighted by atomic mass is 16.5. The fourth-order valence-electron chi connectivity index (χ4n) is 2.00. The lowest BCUT2D eigenvalue weighted by Gasteiger charge is -2.04. The first-order valence-corrected chi connectivity index (χ1v) is 7.17. The summed E-state index contributed by atoms with van der Waals surface area (Å²) in [7, 11) is 0. The Bertz CT molecular complexity index is 528. The van der Waals surface area contributed by atoms with Gasteiger partial charge < -0.3 is 14.5 Å². The first-order valence-electron chi connectivity index (χ1n) is 7.17. The summed E-state index contributed by atoms with van der Waals surface area (Å²) in [6.07, 6.45) is 1.13. The molecule has 0 radical (unpaired) electrons. The SMILES string of the molecule is CCCNCc1oc(COc2ccc(C)cc2)cc1C. The first kappa shape index (κ1) is 14.7. The second-order valence-electron chi connectivity index (χ2n) is 5.10. The van der Waals surface area contributed by atoms with Gasteiger partial charge in [-0.3, -0.25) is 0 Å². The Morgan fingerprint density at radius 3 is 2.60 bits per heavy atom. The molecule has 0 aliphatic rings. The number of ether oxygens (including phenoxy) is 1. The fourth-order valence-corrected chi connectivity index (χ4v) is 2.00. The number of aryl methyl sites for hydroxylation is 2. The normalized spacial score (nSPS) is 10.8. The minimum Gasteiger partial charge on any atom is -0.486 e. The van der Waals surface area contributed by atoms with Crippen molar-refractivity contribution in [3.63, 3.8) is 0 Å². The molecule has 1 aromatic heterocycles. The highest BCUT2D eigenvalue weighted by Gasteiger charge is 2.07.